The van der Waals surface area contributed by atoms with Gasteiger partial charge >= 0.3 is 0 Å². The molecule has 3 aromatic heterocycles. The van der Waals surface area contributed by atoms with Gasteiger partial charge in [-0.25, -0.2) is 9.97 Å². The van der Waals surface area contributed by atoms with Crippen molar-refractivity contribution in [2.75, 3.05) is 0 Å². The smallest absolute Gasteiger partial charge is 0.160 e. The molecule has 3 nitrogen and oxygen atoms in total. The van der Waals surface area contributed by atoms with E-state index >= 15 is 0 Å². The Morgan fingerprint density at radius 2 is 1.14 bits per heavy atom. The zero-order valence-electron chi connectivity index (χ0n) is 23.1. The second-order valence-corrected chi connectivity index (χ2v) is 11.4. The number of para-hydroxylation sites is 1. The van der Waals surface area contributed by atoms with E-state index in [9.17, 15) is 0 Å². The van der Waals surface area contributed by atoms with Crippen molar-refractivity contribution in [1.29, 1.82) is 0 Å². The normalized spacial score (nSPS) is 12.2. The molecular weight excluding hydrogens is 522 g/mol. The Kier molecular flexibility index (Phi) is 4.45. The van der Waals surface area contributed by atoms with Crippen molar-refractivity contribution in [2.24, 2.45) is 0 Å². The van der Waals surface area contributed by atoms with Crippen molar-refractivity contribution in [2.45, 2.75) is 0 Å². The maximum absolute atomic E-state index is 5.29. The van der Waals surface area contributed by atoms with Gasteiger partial charge in [-0.2, -0.15) is 0 Å². The van der Waals surface area contributed by atoms with Crippen molar-refractivity contribution in [3.8, 4) is 22.6 Å². The fourth-order valence-electron chi connectivity index (χ4n) is 7.22. The molecule has 0 radical (unpaired) electrons. The third kappa shape index (κ3) is 3.08. The van der Waals surface area contributed by atoms with E-state index < -0.39 is 0 Å². The Morgan fingerprint density at radius 1 is 0.419 bits per heavy atom. The molecule has 0 aliphatic rings. The van der Waals surface area contributed by atoms with Crippen molar-refractivity contribution in [1.82, 2.24) is 14.4 Å². The minimum absolute atomic E-state index is 0.733. The molecule has 0 atom stereocenters. The van der Waals surface area contributed by atoms with Crippen molar-refractivity contribution >= 4 is 70.5 Å². The van der Waals surface area contributed by atoms with Crippen LogP contribution in [0.2, 0.25) is 0 Å². The fraction of sp³-hybridized carbons (Fsp3) is 0. The summed E-state index contributed by atoms with van der Waals surface area (Å²) < 4.78 is 2.45. The van der Waals surface area contributed by atoms with Crippen LogP contribution in [0.4, 0.5) is 0 Å². The molecular formula is C40H23N3. The predicted molar refractivity (Wildman–Crippen MR) is 180 cm³/mol. The molecule has 0 spiro atoms. The molecule has 198 valence electrons. The minimum atomic E-state index is 0.733. The van der Waals surface area contributed by atoms with Crippen LogP contribution in [0.5, 0.6) is 0 Å². The van der Waals surface area contributed by atoms with Crippen LogP contribution in [0.15, 0.2) is 140 Å². The summed E-state index contributed by atoms with van der Waals surface area (Å²) in [6.45, 7) is 0. The standard InChI is InChI=1S/C40H23N3/c1-2-10-26(11-3-1)38-37-28-13-5-4-9-24(28)19-22-33(37)41-40(42-38)27-18-20-30-32-21-17-25-12-8-15-31-29-14-6-7-16-34(29)43(35(30)23-27)39(32)36(25)31/h1-23H. The Bertz CT molecular complexity index is 2720. The topological polar surface area (TPSA) is 30.2 Å². The summed E-state index contributed by atoms with van der Waals surface area (Å²) in [7, 11) is 0. The molecule has 3 heterocycles. The van der Waals surface area contributed by atoms with E-state index in [-0.39, 0.29) is 0 Å². The van der Waals surface area contributed by atoms with Gasteiger partial charge in [-0.15, -0.1) is 0 Å². The zero-order valence-corrected chi connectivity index (χ0v) is 23.1. The highest BCUT2D eigenvalue weighted by atomic mass is 14.9. The number of rotatable bonds is 2. The number of fused-ring (bicyclic) bond motifs is 9. The van der Waals surface area contributed by atoms with Gasteiger partial charge in [0.15, 0.2) is 5.82 Å². The first-order chi connectivity index (χ1) is 21.3. The minimum Gasteiger partial charge on any atom is -0.308 e. The highest BCUT2D eigenvalue weighted by Gasteiger charge is 2.20. The average Bonchev–Trinajstić information content (AvgIpc) is 3.42. The third-order valence-electron chi connectivity index (χ3n) is 9.10. The number of hydrogen-bond donors (Lipinski definition) is 0. The third-order valence-corrected chi connectivity index (χ3v) is 9.10. The van der Waals surface area contributed by atoms with E-state index in [1.807, 2.05) is 0 Å². The molecule has 0 fully saturated rings. The fourth-order valence-corrected chi connectivity index (χ4v) is 7.22. The summed E-state index contributed by atoms with van der Waals surface area (Å²) in [6, 6.07) is 49.9. The lowest BCUT2D eigenvalue weighted by Crippen LogP contribution is -1.96. The molecule has 0 aliphatic heterocycles. The van der Waals surface area contributed by atoms with Crippen LogP contribution >= 0.6 is 0 Å². The molecule has 10 aromatic rings. The van der Waals surface area contributed by atoms with Crippen molar-refractivity contribution < 1.29 is 0 Å². The summed E-state index contributed by atoms with van der Waals surface area (Å²) in [5, 5.41) is 11.1. The molecule has 0 amide bonds. The highest BCUT2D eigenvalue weighted by molar-refractivity contribution is 6.28. The molecule has 10 rings (SSSR count). The lowest BCUT2D eigenvalue weighted by atomic mass is 9.98. The van der Waals surface area contributed by atoms with Gasteiger partial charge in [0.25, 0.3) is 0 Å². The van der Waals surface area contributed by atoms with E-state index in [2.05, 4.69) is 144 Å². The predicted octanol–water partition coefficient (Wildman–Crippen LogP) is 10.4. The number of nitrogens with zero attached hydrogens (tertiary/aromatic N) is 3. The van der Waals surface area contributed by atoms with Gasteiger partial charge < -0.3 is 4.40 Å². The van der Waals surface area contributed by atoms with E-state index in [1.54, 1.807) is 0 Å². The zero-order chi connectivity index (χ0) is 28.1. The molecule has 3 heteroatoms. The van der Waals surface area contributed by atoms with Crippen LogP contribution in [-0.4, -0.2) is 14.4 Å². The van der Waals surface area contributed by atoms with Gasteiger partial charge in [0.05, 0.1) is 27.8 Å². The summed E-state index contributed by atoms with van der Waals surface area (Å²) in [5.41, 5.74) is 7.66. The lowest BCUT2D eigenvalue weighted by molar-refractivity contribution is 1.23. The van der Waals surface area contributed by atoms with Crippen molar-refractivity contribution in [3.05, 3.63) is 140 Å². The molecule has 0 unspecified atom stereocenters. The van der Waals surface area contributed by atoms with Crippen molar-refractivity contribution in [3.63, 3.8) is 0 Å². The monoisotopic (exact) mass is 545 g/mol. The summed E-state index contributed by atoms with van der Waals surface area (Å²) in [6.07, 6.45) is 0. The molecule has 0 saturated carbocycles. The van der Waals surface area contributed by atoms with Crippen LogP contribution in [0.25, 0.3) is 93.2 Å². The molecule has 0 N–H and O–H groups in total. The van der Waals surface area contributed by atoms with E-state index in [0.29, 0.717) is 0 Å². The van der Waals surface area contributed by atoms with Gasteiger partial charge in [-0.1, -0.05) is 121 Å². The molecule has 0 bridgehead atoms. The second kappa shape index (κ2) is 8.37. The first kappa shape index (κ1) is 22.8. The van der Waals surface area contributed by atoms with Crippen LogP contribution in [0.1, 0.15) is 0 Å². The molecule has 0 saturated heterocycles. The first-order valence-electron chi connectivity index (χ1n) is 14.7. The number of aromatic nitrogens is 3. The number of hydrogen-bond acceptors (Lipinski definition) is 2. The summed E-state index contributed by atoms with van der Waals surface area (Å²) >= 11 is 0. The van der Waals surface area contributed by atoms with Crippen LogP contribution < -0.4 is 0 Å². The largest absolute Gasteiger partial charge is 0.308 e. The van der Waals surface area contributed by atoms with Gasteiger partial charge in [0.1, 0.15) is 0 Å². The molecule has 43 heavy (non-hydrogen) atoms. The van der Waals surface area contributed by atoms with Crippen LogP contribution in [0, 0.1) is 0 Å². The highest BCUT2D eigenvalue weighted by Crippen LogP contribution is 2.42. The van der Waals surface area contributed by atoms with Gasteiger partial charge in [0, 0.05) is 38.1 Å². The lowest BCUT2D eigenvalue weighted by Gasteiger charge is -2.13. The van der Waals surface area contributed by atoms with E-state index in [4.69, 9.17) is 9.97 Å². The maximum atomic E-state index is 5.29. The SMILES string of the molecule is c1ccc(-c2nc(-c3ccc4c5ccc6cccc7c8ccccc8n(c4c3)c5c67)nc3ccc4ccccc4c23)cc1. The van der Waals surface area contributed by atoms with Gasteiger partial charge in [0.2, 0.25) is 0 Å². The van der Waals surface area contributed by atoms with Gasteiger partial charge in [-0.05, 0) is 39.7 Å². The summed E-state index contributed by atoms with van der Waals surface area (Å²) in [5.74, 6) is 0.733. The Morgan fingerprint density at radius 3 is 2.07 bits per heavy atom. The Labute approximate surface area is 246 Å². The Balaban J connectivity index is 1.32. The number of benzene rings is 7. The maximum Gasteiger partial charge on any atom is 0.160 e. The van der Waals surface area contributed by atoms with Crippen LogP contribution in [0.3, 0.4) is 0 Å². The number of pyridine rings is 1. The van der Waals surface area contributed by atoms with E-state index in [1.165, 1.54) is 59.6 Å². The van der Waals surface area contributed by atoms with E-state index in [0.717, 1.165) is 33.5 Å². The summed E-state index contributed by atoms with van der Waals surface area (Å²) in [4.78, 5) is 10.5. The van der Waals surface area contributed by atoms with Crippen LogP contribution in [-0.2, 0) is 0 Å². The first-order valence-corrected chi connectivity index (χ1v) is 14.7. The van der Waals surface area contributed by atoms with Gasteiger partial charge in [-0.3, -0.25) is 0 Å². The average molecular weight is 546 g/mol. The molecule has 7 aromatic carbocycles. The quantitative estimate of drug-likeness (QED) is 0.160. The molecule has 0 aliphatic carbocycles. The Hall–Kier alpha value is -5.80. The second-order valence-electron chi connectivity index (χ2n) is 11.4.